The van der Waals surface area contributed by atoms with Gasteiger partial charge in [-0.05, 0) is 13.8 Å². The predicted molar refractivity (Wildman–Crippen MR) is 104 cm³/mol. The highest BCUT2D eigenvalue weighted by atomic mass is 127. The van der Waals surface area contributed by atoms with Crippen LogP contribution in [-0.4, -0.2) is 50.0 Å². The Hall–Kier alpha value is -1.62. The first-order chi connectivity index (χ1) is 11.0. The van der Waals surface area contributed by atoms with E-state index in [0.717, 1.165) is 25.2 Å². The van der Waals surface area contributed by atoms with Crippen molar-refractivity contribution < 1.29 is 5.11 Å². The van der Waals surface area contributed by atoms with Gasteiger partial charge in [0, 0.05) is 50.8 Å². The molecule has 1 unspecified atom stereocenters. The molecule has 1 atom stereocenters. The molecule has 0 fully saturated rings. The number of hydrogen-bond acceptors (Lipinski definition) is 4. The van der Waals surface area contributed by atoms with Gasteiger partial charge in [-0.15, -0.1) is 24.0 Å². The summed E-state index contributed by atoms with van der Waals surface area (Å²) in [5.74, 6) is 0.678. The Labute approximate surface area is 159 Å². The predicted octanol–water partition coefficient (Wildman–Crippen LogP) is 0.697. The number of nitrogens with one attached hydrogen (secondary N) is 2. The Kier molecular flexibility index (Phi) is 8.19. The van der Waals surface area contributed by atoms with E-state index in [1.807, 2.05) is 24.7 Å². The van der Waals surface area contributed by atoms with Crippen LogP contribution in [0.3, 0.4) is 0 Å². The second-order valence-corrected chi connectivity index (χ2v) is 5.60. The van der Waals surface area contributed by atoms with Gasteiger partial charge in [0.05, 0.1) is 19.1 Å². The maximum Gasteiger partial charge on any atom is 0.191 e. The summed E-state index contributed by atoms with van der Waals surface area (Å²) < 4.78 is 3.66. The number of hydrogen-bond donors (Lipinski definition) is 3. The zero-order valence-corrected chi connectivity index (χ0v) is 16.6. The van der Waals surface area contributed by atoms with Gasteiger partial charge in [-0.1, -0.05) is 0 Å². The quantitative estimate of drug-likeness (QED) is 0.330. The summed E-state index contributed by atoms with van der Waals surface area (Å²) >= 11 is 0. The molecule has 2 heterocycles. The van der Waals surface area contributed by atoms with Crippen molar-refractivity contribution in [2.45, 2.75) is 26.0 Å². The number of rotatable bonds is 7. The highest BCUT2D eigenvalue weighted by Gasteiger charge is 2.24. The molecule has 0 radical (unpaired) electrons. The van der Waals surface area contributed by atoms with Gasteiger partial charge in [0.1, 0.15) is 5.60 Å². The maximum atomic E-state index is 10.6. The van der Waals surface area contributed by atoms with Crippen molar-refractivity contribution in [1.29, 1.82) is 0 Å². The largest absolute Gasteiger partial charge is 0.383 e. The number of aryl methyl sites for hydroxylation is 1. The highest BCUT2D eigenvalue weighted by molar-refractivity contribution is 14.0. The third-order valence-corrected chi connectivity index (χ3v) is 3.44. The highest BCUT2D eigenvalue weighted by Crippen LogP contribution is 2.19. The first-order valence-corrected chi connectivity index (χ1v) is 7.70. The number of nitrogens with zero attached hydrogens (tertiary/aromatic N) is 5. The molecule has 2 aromatic rings. The topological polar surface area (TPSA) is 92.3 Å². The lowest BCUT2D eigenvalue weighted by molar-refractivity contribution is 0.0672. The van der Waals surface area contributed by atoms with Gasteiger partial charge in [0.15, 0.2) is 5.96 Å². The summed E-state index contributed by atoms with van der Waals surface area (Å²) in [6, 6.07) is 0. The molecular weight excluding hydrogens is 421 g/mol. The normalized spacial score (nSPS) is 13.9. The Morgan fingerprint density at radius 2 is 2.21 bits per heavy atom. The second-order valence-electron chi connectivity index (χ2n) is 5.60. The Morgan fingerprint density at radius 1 is 1.42 bits per heavy atom. The van der Waals surface area contributed by atoms with Crippen LogP contribution in [0.5, 0.6) is 0 Å². The van der Waals surface area contributed by atoms with Crippen LogP contribution in [0.15, 0.2) is 36.1 Å². The molecule has 2 rings (SSSR count). The minimum Gasteiger partial charge on any atom is -0.383 e. The van der Waals surface area contributed by atoms with Crippen LogP contribution >= 0.6 is 24.0 Å². The minimum atomic E-state index is -1.05. The Morgan fingerprint density at radius 3 is 2.79 bits per heavy atom. The fourth-order valence-corrected chi connectivity index (χ4v) is 2.09. The minimum absolute atomic E-state index is 0. The van der Waals surface area contributed by atoms with Gasteiger partial charge in [-0.3, -0.25) is 4.68 Å². The molecular formula is C15H26IN7O. The number of halogens is 1. The summed E-state index contributed by atoms with van der Waals surface area (Å²) in [5, 5.41) is 21.1. The molecule has 0 amide bonds. The molecule has 0 saturated heterocycles. The van der Waals surface area contributed by atoms with E-state index in [1.165, 1.54) is 0 Å². The average Bonchev–Trinajstić information content (AvgIpc) is 3.16. The summed E-state index contributed by atoms with van der Waals surface area (Å²) in [4.78, 5) is 8.48. The zero-order chi connectivity index (χ0) is 16.7. The molecule has 3 N–H and O–H groups in total. The van der Waals surface area contributed by atoms with Crippen molar-refractivity contribution >= 4 is 29.9 Å². The number of aliphatic imine (C=N–C) groups is 1. The third kappa shape index (κ3) is 6.11. The van der Waals surface area contributed by atoms with Crippen molar-refractivity contribution in [2.24, 2.45) is 12.0 Å². The fraction of sp³-hybridized carbons (Fsp3) is 0.533. The molecule has 0 spiro atoms. The van der Waals surface area contributed by atoms with Crippen LogP contribution in [0.4, 0.5) is 0 Å². The molecule has 0 aliphatic heterocycles. The van der Waals surface area contributed by atoms with Crippen molar-refractivity contribution in [3.63, 3.8) is 0 Å². The lowest BCUT2D eigenvalue weighted by atomic mass is 10.0. The Balaban J connectivity index is 0.00000288. The van der Waals surface area contributed by atoms with E-state index in [9.17, 15) is 5.11 Å². The van der Waals surface area contributed by atoms with Crippen molar-refractivity contribution in [2.75, 3.05) is 19.6 Å². The van der Waals surface area contributed by atoms with Crippen LogP contribution < -0.4 is 10.6 Å². The van der Waals surface area contributed by atoms with Crippen molar-refractivity contribution in [3.05, 3.63) is 36.7 Å². The number of imidazole rings is 1. The molecule has 9 heteroatoms. The summed E-state index contributed by atoms with van der Waals surface area (Å²) in [6.07, 6.45) is 8.91. The smallest absolute Gasteiger partial charge is 0.191 e. The van der Waals surface area contributed by atoms with Gasteiger partial charge in [-0.2, -0.15) is 5.10 Å². The van der Waals surface area contributed by atoms with E-state index in [-0.39, 0.29) is 30.5 Å². The molecule has 0 bridgehead atoms. The van der Waals surface area contributed by atoms with Crippen LogP contribution in [0.2, 0.25) is 0 Å². The molecule has 0 aliphatic carbocycles. The maximum absolute atomic E-state index is 10.6. The summed E-state index contributed by atoms with van der Waals surface area (Å²) in [5.41, 5.74) is -0.306. The van der Waals surface area contributed by atoms with Crippen molar-refractivity contribution in [1.82, 2.24) is 30.0 Å². The van der Waals surface area contributed by atoms with E-state index in [4.69, 9.17) is 0 Å². The van der Waals surface area contributed by atoms with Crippen LogP contribution in [0, 0.1) is 0 Å². The third-order valence-electron chi connectivity index (χ3n) is 3.44. The van der Waals surface area contributed by atoms with Crippen LogP contribution in [0.1, 0.15) is 19.4 Å². The standard InChI is InChI=1S/C15H25N7O.HI/c1-4-17-14(18-6-8-22-7-5-16-12-22)19-11-15(2,23)13-9-20-21(3)10-13;/h5,7,9-10,12,23H,4,6,8,11H2,1-3H3,(H2,17,18,19);1H. The molecule has 0 aromatic carbocycles. The zero-order valence-electron chi connectivity index (χ0n) is 14.3. The monoisotopic (exact) mass is 447 g/mol. The van der Waals surface area contributed by atoms with Gasteiger partial charge >= 0.3 is 0 Å². The average molecular weight is 447 g/mol. The van der Waals surface area contributed by atoms with E-state index >= 15 is 0 Å². The van der Waals surface area contributed by atoms with E-state index in [0.29, 0.717) is 5.96 Å². The van der Waals surface area contributed by atoms with E-state index in [1.54, 1.807) is 36.5 Å². The van der Waals surface area contributed by atoms with E-state index < -0.39 is 5.60 Å². The first kappa shape index (κ1) is 20.4. The summed E-state index contributed by atoms with van der Waals surface area (Å²) in [6.45, 7) is 6.26. The molecule has 24 heavy (non-hydrogen) atoms. The molecule has 0 saturated carbocycles. The lowest BCUT2D eigenvalue weighted by Gasteiger charge is -2.20. The van der Waals surface area contributed by atoms with Gasteiger partial charge in [0.2, 0.25) is 0 Å². The van der Waals surface area contributed by atoms with Gasteiger partial charge in [0.25, 0.3) is 0 Å². The summed E-state index contributed by atoms with van der Waals surface area (Å²) in [7, 11) is 1.82. The van der Waals surface area contributed by atoms with Crippen LogP contribution in [0.25, 0.3) is 0 Å². The number of aliphatic hydroxyl groups is 1. The first-order valence-electron chi connectivity index (χ1n) is 7.70. The fourth-order valence-electron chi connectivity index (χ4n) is 2.09. The second kappa shape index (κ2) is 9.62. The van der Waals surface area contributed by atoms with E-state index in [2.05, 4.69) is 25.7 Å². The molecule has 2 aromatic heterocycles. The van der Waals surface area contributed by atoms with Gasteiger partial charge < -0.3 is 20.3 Å². The molecule has 134 valence electrons. The SMILES string of the molecule is CCNC(=NCC(C)(O)c1cnn(C)c1)NCCn1ccnc1.I. The molecule has 0 aliphatic rings. The van der Waals surface area contributed by atoms with Crippen LogP contribution in [-0.2, 0) is 19.2 Å². The lowest BCUT2D eigenvalue weighted by Crippen LogP contribution is -2.40. The molecule has 8 nitrogen and oxygen atoms in total. The number of guanidine groups is 1. The number of aromatic nitrogens is 4. The van der Waals surface area contributed by atoms with Crippen molar-refractivity contribution in [3.8, 4) is 0 Å². The Bertz CT molecular complexity index is 622. The van der Waals surface area contributed by atoms with Gasteiger partial charge in [-0.25, -0.2) is 9.98 Å².